The Morgan fingerprint density at radius 3 is 2.47 bits per heavy atom. The second-order valence-corrected chi connectivity index (χ2v) is 11.7. The number of aromatic nitrogens is 3. The minimum Gasteiger partial charge on any atom is -0.387 e. The third-order valence-electron chi connectivity index (χ3n) is 8.09. The summed E-state index contributed by atoms with van der Waals surface area (Å²) in [5.74, 6) is -0.405. The lowest BCUT2D eigenvalue weighted by Gasteiger charge is -2.41. The van der Waals surface area contributed by atoms with Crippen molar-refractivity contribution in [1.82, 2.24) is 15.0 Å². The van der Waals surface area contributed by atoms with Crippen LogP contribution in [0.15, 0.2) is 24.4 Å². The van der Waals surface area contributed by atoms with Crippen LogP contribution in [0.2, 0.25) is 0 Å². The van der Waals surface area contributed by atoms with Crippen LogP contribution in [0.4, 0.5) is 5.69 Å². The van der Waals surface area contributed by atoms with Crippen molar-refractivity contribution in [3.05, 3.63) is 47.3 Å². The Hall–Kier alpha value is -3.06. The number of carbonyl (C=O) groups is 1. The Labute approximate surface area is 210 Å². The number of pyridine rings is 1. The van der Waals surface area contributed by atoms with E-state index in [1.54, 1.807) is 0 Å². The number of aromatic amines is 1. The Balaban J connectivity index is 1.50. The molecule has 2 fully saturated rings. The van der Waals surface area contributed by atoms with Crippen molar-refractivity contribution >= 4 is 17.2 Å². The number of anilines is 1. The number of aliphatic hydroxyl groups excluding tert-OH is 2. The number of imidazole rings is 1. The molecule has 36 heavy (non-hydrogen) atoms. The lowest BCUT2D eigenvalue weighted by molar-refractivity contribution is -0.153. The van der Waals surface area contributed by atoms with Crippen LogP contribution < -0.4 is 5.32 Å². The molecule has 190 valence electrons. The van der Waals surface area contributed by atoms with Gasteiger partial charge in [-0.15, -0.1) is 0 Å². The minimum atomic E-state index is -0.958. The molecule has 4 atom stereocenters. The molecule has 2 aromatic rings. The molecule has 1 amide bonds. The summed E-state index contributed by atoms with van der Waals surface area (Å²) in [6.07, 6.45) is 5.45. The molecule has 4 unspecified atom stereocenters. The van der Waals surface area contributed by atoms with Crippen LogP contribution in [0.25, 0.3) is 5.57 Å². The number of hydrogen-bond acceptors (Lipinski definition) is 7. The molecule has 2 aliphatic heterocycles. The van der Waals surface area contributed by atoms with E-state index in [-0.39, 0.29) is 22.9 Å². The highest BCUT2D eigenvalue weighted by Gasteiger charge is 2.62. The van der Waals surface area contributed by atoms with Gasteiger partial charge in [0.05, 0.1) is 28.8 Å². The summed E-state index contributed by atoms with van der Waals surface area (Å²) >= 11 is 0. The summed E-state index contributed by atoms with van der Waals surface area (Å²) in [5.41, 5.74) is 1.95. The van der Waals surface area contributed by atoms with Gasteiger partial charge in [-0.3, -0.25) is 9.78 Å². The molecule has 0 saturated carbocycles. The number of nitrogens with one attached hydrogen (secondary N) is 2. The SMILES string of the molecule is CC1(C)CC=C(c2nc(C3CC4(C)OC(C)(C3)C(O)C4O)ccc2NC(=O)c2ncc(C#N)[nH]2)CC1. The van der Waals surface area contributed by atoms with E-state index in [0.29, 0.717) is 18.5 Å². The maximum Gasteiger partial charge on any atom is 0.291 e. The fourth-order valence-corrected chi connectivity index (χ4v) is 5.92. The first kappa shape index (κ1) is 24.6. The highest BCUT2D eigenvalue weighted by Crippen LogP contribution is 2.53. The number of rotatable bonds is 4. The zero-order valence-electron chi connectivity index (χ0n) is 21.1. The number of ether oxygens (including phenoxy) is 1. The number of amides is 1. The van der Waals surface area contributed by atoms with Crippen molar-refractivity contribution in [2.75, 3.05) is 5.32 Å². The predicted molar refractivity (Wildman–Crippen MR) is 133 cm³/mol. The Bertz CT molecular complexity index is 1260. The monoisotopic (exact) mass is 491 g/mol. The van der Waals surface area contributed by atoms with E-state index >= 15 is 0 Å². The third kappa shape index (κ3) is 4.23. The average Bonchev–Trinajstić information content (AvgIpc) is 3.36. The normalized spacial score (nSPS) is 33.0. The standard InChI is InChI=1S/C27H33N5O4/c1-25(2)9-7-15(8-10-25)20-19(32-24(35)23-29-14-17(13-28)30-23)6-5-18(31-20)16-11-26(3)21(33)22(34)27(4,12-16)36-26/h5-7,14,16,21-22,33-34H,8-12H2,1-4H3,(H,29,30)(H,32,35). The van der Waals surface area contributed by atoms with Crippen molar-refractivity contribution in [3.8, 4) is 6.07 Å². The van der Waals surface area contributed by atoms with E-state index in [2.05, 4.69) is 35.2 Å². The molecule has 2 bridgehead atoms. The summed E-state index contributed by atoms with van der Waals surface area (Å²) in [7, 11) is 0. The maximum absolute atomic E-state index is 12.9. The molecule has 2 aromatic heterocycles. The molecule has 1 aliphatic carbocycles. The smallest absolute Gasteiger partial charge is 0.291 e. The summed E-state index contributed by atoms with van der Waals surface area (Å²) in [6, 6.07) is 5.70. The Morgan fingerprint density at radius 2 is 1.89 bits per heavy atom. The van der Waals surface area contributed by atoms with Gasteiger partial charge in [-0.2, -0.15) is 5.26 Å². The summed E-state index contributed by atoms with van der Waals surface area (Å²) < 4.78 is 6.13. The van der Waals surface area contributed by atoms with E-state index < -0.39 is 29.3 Å². The van der Waals surface area contributed by atoms with Gasteiger partial charge < -0.3 is 25.3 Å². The summed E-state index contributed by atoms with van der Waals surface area (Å²) in [6.45, 7) is 8.18. The largest absolute Gasteiger partial charge is 0.387 e. The molecule has 5 rings (SSSR count). The van der Waals surface area contributed by atoms with E-state index in [4.69, 9.17) is 15.0 Å². The van der Waals surface area contributed by atoms with Crippen LogP contribution in [0.3, 0.4) is 0 Å². The highest BCUT2D eigenvalue weighted by molar-refractivity contribution is 6.03. The molecule has 4 N–H and O–H groups in total. The van der Waals surface area contributed by atoms with Gasteiger partial charge in [-0.25, -0.2) is 4.98 Å². The van der Waals surface area contributed by atoms with Crippen molar-refractivity contribution in [2.45, 2.75) is 89.1 Å². The molecular weight excluding hydrogens is 458 g/mol. The predicted octanol–water partition coefficient (Wildman–Crippen LogP) is 3.67. The molecule has 0 radical (unpaired) electrons. The van der Waals surface area contributed by atoms with Crippen LogP contribution in [-0.2, 0) is 4.74 Å². The number of nitriles is 1. The van der Waals surface area contributed by atoms with Crippen LogP contribution in [-0.4, -0.2) is 54.5 Å². The van der Waals surface area contributed by atoms with E-state index in [1.807, 2.05) is 32.0 Å². The second-order valence-electron chi connectivity index (χ2n) is 11.7. The van der Waals surface area contributed by atoms with Crippen LogP contribution in [0.5, 0.6) is 0 Å². The van der Waals surface area contributed by atoms with Gasteiger partial charge in [0, 0.05) is 11.6 Å². The molecule has 3 aliphatic rings. The van der Waals surface area contributed by atoms with Gasteiger partial charge in [0.2, 0.25) is 0 Å². The molecule has 9 nitrogen and oxygen atoms in total. The van der Waals surface area contributed by atoms with Crippen molar-refractivity contribution in [3.63, 3.8) is 0 Å². The van der Waals surface area contributed by atoms with Crippen molar-refractivity contribution in [1.29, 1.82) is 5.26 Å². The summed E-state index contributed by atoms with van der Waals surface area (Å²) in [4.78, 5) is 24.7. The first-order valence-corrected chi connectivity index (χ1v) is 12.5. The van der Waals surface area contributed by atoms with Crippen LogP contribution in [0, 0.1) is 16.7 Å². The van der Waals surface area contributed by atoms with Crippen LogP contribution in [0.1, 0.15) is 93.4 Å². The van der Waals surface area contributed by atoms with Crippen molar-refractivity contribution < 1.29 is 19.7 Å². The number of nitrogens with zero attached hydrogens (tertiary/aromatic N) is 3. The third-order valence-corrected chi connectivity index (χ3v) is 8.09. The fourth-order valence-electron chi connectivity index (χ4n) is 5.92. The maximum atomic E-state index is 12.9. The number of carbonyl (C=O) groups excluding carboxylic acids is 1. The van der Waals surface area contributed by atoms with E-state index in [0.717, 1.165) is 36.2 Å². The number of hydrogen-bond donors (Lipinski definition) is 4. The van der Waals surface area contributed by atoms with Gasteiger partial charge in [0.15, 0.2) is 5.82 Å². The molecule has 4 heterocycles. The Morgan fingerprint density at radius 1 is 1.19 bits per heavy atom. The second kappa shape index (κ2) is 8.51. The van der Waals surface area contributed by atoms with Crippen LogP contribution >= 0.6 is 0 Å². The number of H-pyrrole nitrogens is 1. The van der Waals surface area contributed by atoms with Gasteiger partial charge >= 0.3 is 0 Å². The quantitative estimate of drug-likeness (QED) is 0.511. The fraction of sp³-hybridized carbons (Fsp3) is 0.556. The highest BCUT2D eigenvalue weighted by atomic mass is 16.6. The first-order chi connectivity index (χ1) is 16.9. The zero-order chi connectivity index (χ0) is 25.9. The van der Waals surface area contributed by atoms with E-state index in [1.165, 1.54) is 6.20 Å². The number of aliphatic hydroxyl groups is 2. The molecule has 2 saturated heterocycles. The van der Waals surface area contributed by atoms with Gasteiger partial charge in [0.25, 0.3) is 5.91 Å². The minimum absolute atomic E-state index is 0.0204. The van der Waals surface area contributed by atoms with Gasteiger partial charge in [-0.1, -0.05) is 19.9 Å². The molecule has 0 spiro atoms. The number of fused-ring (bicyclic) bond motifs is 2. The van der Waals surface area contributed by atoms with Gasteiger partial charge in [0.1, 0.15) is 24.0 Å². The number of allylic oxidation sites excluding steroid dienone is 2. The topological polar surface area (TPSA) is 144 Å². The van der Waals surface area contributed by atoms with E-state index in [9.17, 15) is 15.0 Å². The average molecular weight is 492 g/mol. The first-order valence-electron chi connectivity index (χ1n) is 12.5. The van der Waals surface area contributed by atoms with Crippen molar-refractivity contribution in [2.24, 2.45) is 5.41 Å². The Kier molecular flexibility index (Phi) is 5.82. The lowest BCUT2D eigenvalue weighted by Crippen LogP contribution is -2.43. The summed E-state index contributed by atoms with van der Waals surface area (Å²) in [5, 5.41) is 33.3. The molecule has 9 heteroatoms. The molecular formula is C27H33N5O4. The van der Waals surface area contributed by atoms with Gasteiger partial charge in [-0.05, 0) is 69.1 Å². The molecule has 0 aromatic carbocycles. The zero-order valence-corrected chi connectivity index (χ0v) is 21.1. The lowest BCUT2D eigenvalue weighted by atomic mass is 9.77.